The van der Waals surface area contributed by atoms with Crippen LogP contribution in [0, 0.1) is 5.92 Å². The molecule has 2 nitrogen and oxygen atoms in total. The van der Waals surface area contributed by atoms with Crippen molar-refractivity contribution in [3.05, 3.63) is 0 Å². The van der Waals surface area contributed by atoms with Gasteiger partial charge in [0, 0.05) is 0 Å². The van der Waals surface area contributed by atoms with E-state index in [1.165, 1.54) is 32.1 Å². The van der Waals surface area contributed by atoms with E-state index in [1.807, 2.05) is 0 Å². The van der Waals surface area contributed by atoms with Gasteiger partial charge in [0.2, 0.25) is 0 Å². The second kappa shape index (κ2) is 9.47. The minimum atomic E-state index is -1.10. The number of hydrogen-bond acceptors (Lipinski definition) is 2. The van der Waals surface area contributed by atoms with Gasteiger partial charge in [-0.25, -0.2) is 0 Å². The summed E-state index contributed by atoms with van der Waals surface area (Å²) < 4.78 is 0. The van der Waals surface area contributed by atoms with Crippen LogP contribution < -0.4 is 0 Å². The van der Waals surface area contributed by atoms with Crippen molar-refractivity contribution in [3.8, 4) is 0 Å². The molecule has 0 aliphatic heterocycles. The van der Waals surface area contributed by atoms with Crippen LogP contribution in [-0.4, -0.2) is 16.5 Å². The van der Waals surface area contributed by atoms with Gasteiger partial charge in [0.25, 0.3) is 0 Å². The van der Waals surface area contributed by atoms with E-state index >= 15 is 0 Å². The molecule has 0 aromatic heterocycles. The first-order valence-electron chi connectivity index (χ1n) is 6.03. The van der Waals surface area contributed by atoms with Crippen LogP contribution in [0.25, 0.3) is 0 Å². The number of rotatable bonds is 9. The molecule has 0 amide bonds. The summed E-state index contributed by atoms with van der Waals surface area (Å²) in [6.45, 7) is 4.56. The van der Waals surface area contributed by atoms with E-state index in [2.05, 4.69) is 13.8 Å². The third-order valence-corrected chi connectivity index (χ3v) is 2.69. The Morgan fingerprint density at radius 1 is 0.857 bits per heavy atom. The van der Waals surface area contributed by atoms with Gasteiger partial charge in [-0.15, -0.1) is 0 Å². The maximum Gasteiger partial charge on any atom is 0.151 e. The molecule has 0 saturated heterocycles. The van der Waals surface area contributed by atoms with Crippen molar-refractivity contribution >= 4 is 0 Å². The topological polar surface area (TPSA) is 40.5 Å². The Morgan fingerprint density at radius 3 is 1.93 bits per heavy atom. The number of hydrogen-bond donors (Lipinski definition) is 2. The summed E-state index contributed by atoms with van der Waals surface area (Å²) in [6.07, 6.45) is 8.00. The molecule has 1 atom stereocenters. The van der Waals surface area contributed by atoms with Crippen molar-refractivity contribution in [2.75, 3.05) is 0 Å². The Balaban J connectivity index is 3.05. The van der Waals surface area contributed by atoms with Gasteiger partial charge in [-0.05, 0) is 18.8 Å². The zero-order valence-corrected chi connectivity index (χ0v) is 9.71. The highest BCUT2D eigenvalue weighted by molar-refractivity contribution is 4.53. The van der Waals surface area contributed by atoms with Crippen LogP contribution in [0.15, 0.2) is 0 Å². The molecule has 2 N–H and O–H groups in total. The van der Waals surface area contributed by atoms with Crippen LogP contribution in [0.5, 0.6) is 0 Å². The predicted molar refractivity (Wildman–Crippen MR) is 60.0 cm³/mol. The Kier molecular flexibility index (Phi) is 9.42. The lowest BCUT2D eigenvalue weighted by Crippen LogP contribution is -2.03. The molecule has 0 aliphatic rings. The van der Waals surface area contributed by atoms with Crippen molar-refractivity contribution < 1.29 is 10.2 Å². The first kappa shape index (κ1) is 13.9. The van der Waals surface area contributed by atoms with Crippen LogP contribution >= 0.6 is 0 Å². The minimum absolute atomic E-state index is 0.532. The van der Waals surface area contributed by atoms with E-state index < -0.39 is 6.29 Å². The molecule has 0 heterocycles. The highest BCUT2D eigenvalue weighted by atomic mass is 16.5. The zero-order chi connectivity index (χ0) is 10.8. The lowest BCUT2D eigenvalue weighted by Gasteiger charge is -2.09. The summed E-state index contributed by atoms with van der Waals surface area (Å²) in [4.78, 5) is 0. The fourth-order valence-electron chi connectivity index (χ4n) is 1.81. The van der Waals surface area contributed by atoms with Crippen LogP contribution in [0.3, 0.4) is 0 Å². The third-order valence-electron chi connectivity index (χ3n) is 2.69. The van der Waals surface area contributed by atoms with Crippen LogP contribution in [0.2, 0.25) is 0 Å². The van der Waals surface area contributed by atoms with Gasteiger partial charge < -0.3 is 10.2 Å². The minimum Gasteiger partial charge on any atom is -0.368 e. The van der Waals surface area contributed by atoms with E-state index in [0.29, 0.717) is 6.42 Å². The quantitative estimate of drug-likeness (QED) is 0.445. The second-order valence-corrected chi connectivity index (χ2v) is 4.37. The largest absolute Gasteiger partial charge is 0.368 e. The Labute approximate surface area is 88.3 Å². The highest BCUT2D eigenvalue weighted by Crippen LogP contribution is 2.15. The molecular formula is C12H26O2. The highest BCUT2D eigenvalue weighted by Gasteiger charge is 2.00. The maximum absolute atomic E-state index is 8.62. The Bertz CT molecular complexity index is 113. The van der Waals surface area contributed by atoms with E-state index in [-0.39, 0.29) is 0 Å². The monoisotopic (exact) mass is 202 g/mol. The van der Waals surface area contributed by atoms with Gasteiger partial charge in [-0.2, -0.15) is 0 Å². The van der Waals surface area contributed by atoms with Crippen LogP contribution in [0.4, 0.5) is 0 Å². The van der Waals surface area contributed by atoms with E-state index in [4.69, 9.17) is 10.2 Å². The number of aliphatic hydroxyl groups is 2. The average molecular weight is 202 g/mol. The lowest BCUT2D eigenvalue weighted by atomic mass is 9.98. The van der Waals surface area contributed by atoms with Gasteiger partial charge in [0.1, 0.15) is 0 Å². The van der Waals surface area contributed by atoms with Crippen LogP contribution in [-0.2, 0) is 0 Å². The third kappa shape index (κ3) is 10.0. The summed E-state index contributed by atoms with van der Waals surface area (Å²) in [5.74, 6) is 0.864. The summed E-state index contributed by atoms with van der Waals surface area (Å²) in [5, 5.41) is 17.2. The summed E-state index contributed by atoms with van der Waals surface area (Å²) in [6, 6.07) is 0. The van der Waals surface area contributed by atoms with Gasteiger partial charge in [0.15, 0.2) is 6.29 Å². The van der Waals surface area contributed by atoms with Crippen LogP contribution in [0.1, 0.15) is 65.2 Å². The standard InChI is InChI=1S/C12H26O2/c1-3-8-11(2)9-6-4-5-7-10-12(13)14/h11-14H,3-10H2,1-2H3. The number of aliphatic hydroxyl groups excluding tert-OH is 1. The molecule has 1 unspecified atom stereocenters. The number of unbranched alkanes of at least 4 members (excludes halogenated alkanes) is 3. The normalized spacial score (nSPS) is 13.5. The summed E-state index contributed by atoms with van der Waals surface area (Å²) in [5.41, 5.74) is 0. The maximum atomic E-state index is 8.62. The molecule has 14 heavy (non-hydrogen) atoms. The zero-order valence-electron chi connectivity index (χ0n) is 9.71. The first-order chi connectivity index (χ1) is 6.66. The lowest BCUT2D eigenvalue weighted by molar-refractivity contribution is -0.0466. The van der Waals surface area contributed by atoms with Crippen molar-refractivity contribution in [2.45, 2.75) is 71.5 Å². The second-order valence-electron chi connectivity index (χ2n) is 4.37. The fourth-order valence-corrected chi connectivity index (χ4v) is 1.81. The SMILES string of the molecule is CCCC(C)CCCCCCC(O)O. The molecule has 0 fully saturated rings. The Morgan fingerprint density at radius 2 is 1.43 bits per heavy atom. The molecule has 0 bridgehead atoms. The summed E-state index contributed by atoms with van der Waals surface area (Å²) >= 11 is 0. The van der Waals surface area contributed by atoms with Crippen molar-refractivity contribution in [2.24, 2.45) is 5.92 Å². The Hall–Kier alpha value is -0.0800. The molecular weight excluding hydrogens is 176 g/mol. The molecule has 0 rings (SSSR count). The predicted octanol–water partition coefficient (Wildman–Crippen LogP) is 3.07. The summed E-state index contributed by atoms with van der Waals surface area (Å²) in [7, 11) is 0. The van der Waals surface area contributed by atoms with E-state index in [0.717, 1.165) is 18.8 Å². The molecule has 86 valence electrons. The fraction of sp³-hybridized carbons (Fsp3) is 1.00. The van der Waals surface area contributed by atoms with Crippen molar-refractivity contribution in [3.63, 3.8) is 0 Å². The molecule has 0 aromatic rings. The molecule has 0 spiro atoms. The molecule has 0 radical (unpaired) electrons. The van der Waals surface area contributed by atoms with Gasteiger partial charge in [0.05, 0.1) is 0 Å². The van der Waals surface area contributed by atoms with Gasteiger partial charge in [-0.3, -0.25) is 0 Å². The van der Waals surface area contributed by atoms with Crippen molar-refractivity contribution in [1.82, 2.24) is 0 Å². The average Bonchev–Trinajstić information content (AvgIpc) is 2.11. The molecule has 2 heteroatoms. The van der Waals surface area contributed by atoms with Gasteiger partial charge in [-0.1, -0.05) is 52.4 Å². The van der Waals surface area contributed by atoms with E-state index in [1.54, 1.807) is 0 Å². The molecule has 0 saturated carbocycles. The van der Waals surface area contributed by atoms with E-state index in [9.17, 15) is 0 Å². The first-order valence-corrected chi connectivity index (χ1v) is 6.03. The molecule has 0 aliphatic carbocycles. The van der Waals surface area contributed by atoms with Crippen molar-refractivity contribution in [1.29, 1.82) is 0 Å². The molecule has 0 aromatic carbocycles. The van der Waals surface area contributed by atoms with Gasteiger partial charge >= 0.3 is 0 Å². The smallest absolute Gasteiger partial charge is 0.151 e.